The minimum atomic E-state index is -1.86. The Balaban J connectivity index is 1.97. The van der Waals surface area contributed by atoms with Crippen LogP contribution in [-0.4, -0.2) is 62.4 Å². The number of ketones is 1. The Kier molecular flexibility index (Phi) is 7.47. The van der Waals surface area contributed by atoms with Crippen LogP contribution < -0.4 is 5.32 Å². The van der Waals surface area contributed by atoms with Crippen molar-refractivity contribution in [3.63, 3.8) is 0 Å². The molecule has 38 heavy (non-hydrogen) atoms. The third-order valence-electron chi connectivity index (χ3n) is 9.08. The van der Waals surface area contributed by atoms with Gasteiger partial charge < -0.3 is 25.4 Å². The van der Waals surface area contributed by atoms with Gasteiger partial charge in [0.2, 0.25) is 5.91 Å². The standard InChI is InChI=1S/C30H39NO7/c1-17-10-9-13-21-26(34)29(5,37)18(2)24-22(16-20-11-7-6-8-12-20)31-27(35)30(21,24)23(38-19(3)32)14-15-28(4,36)25(17)33/h6-9,11-15,17-18,21-24,26,34,36-37H,10,16H2,1-5H3,(H,31,35)/t17-,18-,21-,22-,23+,24?,26-,28+,29-,30+/m0/s1. The van der Waals surface area contributed by atoms with E-state index in [0.29, 0.717) is 6.42 Å². The molecular formula is C30H39NO7. The fraction of sp³-hybridized carbons (Fsp3) is 0.567. The quantitative estimate of drug-likeness (QED) is 0.351. The van der Waals surface area contributed by atoms with E-state index in [1.54, 1.807) is 32.9 Å². The smallest absolute Gasteiger partial charge is 0.303 e. The van der Waals surface area contributed by atoms with E-state index in [9.17, 15) is 29.7 Å². The second-order valence-corrected chi connectivity index (χ2v) is 11.7. The van der Waals surface area contributed by atoms with Crippen molar-refractivity contribution in [3.8, 4) is 0 Å². The van der Waals surface area contributed by atoms with Gasteiger partial charge in [-0.05, 0) is 50.3 Å². The van der Waals surface area contributed by atoms with Gasteiger partial charge in [0.05, 0.1) is 11.7 Å². The number of benzene rings is 1. The van der Waals surface area contributed by atoms with E-state index >= 15 is 0 Å². The number of aliphatic hydroxyl groups excluding tert-OH is 1. The predicted octanol–water partition coefficient (Wildman–Crippen LogP) is 2.11. The highest BCUT2D eigenvalue weighted by Gasteiger charge is 2.72. The van der Waals surface area contributed by atoms with Crippen molar-refractivity contribution in [2.24, 2.45) is 29.1 Å². The molecule has 1 unspecified atom stereocenters. The van der Waals surface area contributed by atoms with Crippen molar-refractivity contribution in [2.45, 2.75) is 76.9 Å². The maximum atomic E-state index is 14.2. The molecule has 1 saturated carbocycles. The summed E-state index contributed by atoms with van der Waals surface area (Å²) in [7, 11) is 0. The predicted molar refractivity (Wildman–Crippen MR) is 141 cm³/mol. The topological polar surface area (TPSA) is 133 Å². The van der Waals surface area contributed by atoms with Gasteiger partial charge in [-0.1, -0.05) is 56.3 Å². The second kappa shape index (κ2) is 10.1. The van der Waals surface area contributed by atoms with E-state index < -0.39 is 76.2 Å². The second-order valence-electron chi connectivity index (χ2n) is 11.7. The number of esters is 1. The summed E-state index contributed by atoms with van der Waals surface area (Å²) in [6.07, 6.45) is 4.23. The number of ether oxygens (including phenoxy) is 1. The maximum absolute atomic E-state index is 14.2. The van der Waals surface area contributed by atoms with Crippen LogP contribution in [0.25, 0.3) is 0 Å². The average Bonchev–Trinajstić information content (AvgIpc) is 3.13. The van der Waals surface area contributed by atoms with Crippen molar-refractivity contribution in [1.82, 2.24) is 5.32 Å². The zero-order valence-electron chi connectivity index (χ0n) is 22.6. The van der Waals surface area contributed by atoms with Gasteiger partial charge in [-0.25, -0.2) is 0 Å². The highest BCUT2D eigenvalue weighted by Crippen LogP contribution is 2.60. The van der Waals surface area contributed by atoms with E-state index in [4.69, 9.17) is 4.74 Å². The molecule has 1 aliphatic heterocycles. The molecule has 1 spiro atoms. The Hall–Kier alpha value is -2.81. The van der Waals surface area contributed by atoms with Crippen LogP contribution in [0.1, 0.15) is 46.6 Å². The van der Waals surface area contributed by atoms with E-state index in [0.717, 1.165) is 5.56 Å². The van der Waals surface area contributed by atoms with Crippen LogP contribution >= 0.6 is 0 Å². The first-order valence-corrected chi connectivity index (χ1v) is 13.3. The van der Waals surface area contributed by atoms with Crippen LogP contribution in [0.5, 0.6) is 0 Å². The highest BCUT2D eigenvalue weighted by atomic mass is 16.5. The highest BCUT2D eigenvalue weighted by molar-refractivity contribution is 5.91. The molecule has 1 saturated heterocycles. The minimum Gasteiger partial charge on any atom is -0.457 e. The van der Waals surface area contributed by atoms with Gasteiger partial charge in [-0.15, -0.1) is 0 Å². The molecule has 1 amide bonds. The van der Waals surface area contributed by atoms with Crippen molar-refractivity contribution >= 4 is 17.7 Å². The summed E-state index contributed by atoms with van der Waals surface area (Å²) in [5.74, 6) is -4.14. The molecule has 1 aromatic rings. The fourth-order valence-electron chi connectivity index (χ4n) is 6.95. The van der Waals surface area contributed by atoms with Gasteiger partial charge in [0, 0.05) is 30.7 Å². The number of carbonyl (C=O) groups excluding carboxylic acids is 3. The van der Waals surface area contributed by atoms with Gasteiger partial charge in [0.15, 0.2) is 5.78 Å². The molecule has 10 atom stereocenters. The summed E-state index contributed by atoms with van der Waals surface area (Å²) < 4.78 is 5.79. The van der Waals surface area contributed by atoms with Crippen molar-refractivity contribution in [2.75, 3.05) is 0 Å². The average molecular weight is 526 g/mol. The summed E-state index contributed by atoms with van der Waals surface area (Å²) in [4.78, 5) is 39.6. The number of hydrogen-bond donors (Lipinski definition) is 4. The number of Topliss-reactive ketones (excluding diaryl/α,β-unsaturated/α-hetero) is 1. The monoisotopic (exact) mass is 525 g/mol. The lowest BCUT2D eigenvalue weighted by atomic mass is 9.48. The molecule has 4 rings (SSSR count). The summed E-state index contributed by atoms with van der Waals surface area (Å²) >= 11 is 0. The van der Waals surface area contributed by atoms with Gasteiger partial charge >= 0.3 is 5.97 Å². The third kappa shape index (κ3) is 4.52. The molecule has 1 aromatic carbocycles. The van der Waals surface area contributed by atoms with Gasteiger partial charge in [-0.3, -0.25) is 14.4 Å². The van der Waals surface area contributed by atoms with E-state index in [1.165, 1.54) is 26.0 Å². The Morgan fingerprint density at radius 1 is 1.11 bits per heavy atom. The zero-order chi connectivity index (χ0) is 28.0. The number of allylic oxidation sites excluding steroid dienone is 1. The van der Waals surface area contributed by atoms with Crippen LogP contribution in [0, 0.1) is 29.1 Å². The summed E-state index contributed by atoms with van der Waals surface area (Å²) in [6.45, 7) is 7.67. The van der Waals surface area contributed by atoms with Crippen LogP contribution in [0.2, 0.25) is 0 Å². The Morgan fingerprint density at radius 3 is 2.39 bits per heavy atom. The Labute approximate surface area is 223 Å². The van der Waals surface area contributed by atoms with E-state index in [1.807, 2.05) is 30.3 Å². The number of hydrogen-bond acceptors (Lipinski definition) is 7. The number of aliphatic hydroxyl groups is 3. The molecule has 206 valence electrons. The third-order valence-corrected chi connectivity index (χ3v) is 9.08. The summed E-state index contributed by atoms with van der Waals surface area (Å²) in [6, 6.07) is 9.21. The van der Waals surface area contributed by atoms with Crippen LogP contribution in [0.15, 0.2) is 54.6 Å². The lowest BCUT2D eigenvalue weighted by Gasteiger charge is -2.57. The first kappa shape index (κ1) is 28.2. The lowest BCUT2D eigenvalue weighted by molar-refractivity contribution is -0.217. The van der Waals surface area contributed by atoms with Crippen molar-refractivity contribution in [3.05, 3.63) is 60.2 Å². The Morgan fingerprint density at radius 2 is 1.76 bits per heavy atom. The molecule has 0 bridgehead atoms. The first-order valence-electron chi connectivity index (χ1n) is 13.3. The Bertz CT molecular complexity index is 1140. The fourth-order valence-corrected chi connectivity index (χ4v) is 6.95. The molecule has 2 aliphatic carbocycles. The van der Waals surface area contributed by atoms with Gasteiger partial charge in [-0.2, -0.15) is 0 Å². The van der Waals surface area contributed by atoms with Crippen molar-refractivity contribution in [1.29, 1.82) is 0 Å². The van der Waals surface area contributed by atoms with Gasteiger partial charge in [0.1, 0.15) is 17.1 Å². The number of nitrogens with one attached hydrogen (secondary N) is 1. The SMILES string of the molecule is CC(=O)O[C@@H]1C=C[C@@](C)(O)C(=O)[C@@H](C)CC=C[C@H]2[C@H](O)[C@@](C)(O)[C@@H](C)C3[C@H](Cc4ccccc4)NC(=O)[C@@]312. The molecule has 8 heteroatoms. The van der Waals surface area contributed by atoms with Crippen LogP contribution in [0.3, 0.4) is 0 Å². The number of carbonyl (C=O) groups is 3. The zero-order valence-corrected chi connectivity index (χ0v) is 22.6. The molecular weight excluding hydrogens is 486 g/mol. The van der Waals surface area contributed by atoms with E-state index in [2.05, 4.69) is 5.32 Å². The first-order chi connectivity index (χ1) is 17.7. The van der Waals surface area contributed by atoms with Crippen molar-refractivity contribution < 1.29 is 34.4 Å². The summed E-state index contributed by atoms with van der Waals surface area (Å²) in [5, 5.41) is 37.3. The number of amides is 1. The molecule has 0 aromatic heterocycles. The minimum absolute atomic E-state index is 0.262. The molecule has 1 heterocycles. The van der Waals surface area contributed by atoms with Gasteiger partial charge in [0.25, 0.3) is 0 Å². The molecule has 4 N–H and O–H groups in total. The van der Waals surface area contributed by atoms with E-state index in [-0.39, 0.29) is 6.42 Å². The largest absolute Gasteiger partial charge is 0.457 e. The molecule has 2 fully saturated rings. The molecule has 8 nitrogen and oxygen atoms in total. The molecule has 0 radical (unpaired) electrons. The maximum Gasteiger partial charge on any atom is 0.303 e. The van der Waals surface area contributed by atoms with Crippen LogP contribution in [-0.2, 0) is 25.5 Å². The molecule has 3 aliphatic rings. The normalized spacial score (nSPS) is 43.0. The summed E-state index contributed by atoms with van der Waals surface area (Å²) in [5.41, 5.74) is -3.95. The number of rotatable bonds is 3. The van der Waals surface area contributed by atoms with Crippen LogP contribution in [0.4, 0.5) is 0 Å². The lowest BCUT2D eigenvalue weighted by Crippen LogP contribution is -2.68.